The zero-order chi connectivity index (χ0) is 15.1. The molecule has 114 valence electrons. The van der Waals surface area contributed by atoms with Crippen molar-refractivity contribution < 1.29 is 9.59 Å². The molecule has 0 aromatic heterocycles. The van der Waals surface area contributed by atoms with Crippen molar-refractivity contribution in [2.45, 2.75) is 12.8 Å². The second-order valence-corrected chi connectivity index (χ2v) is 5.35. The molecule has 1 aromatic rings. The van der Waals surface area contributed by atoms with E-state index in [0.29, 0.717) is 18.0 Å². The highest BCUT2D eigenvalue weighted by atomic mass is 16.2. The summed E-state index contributed by atoms with van der Waals surface area (Å²) in [5, 5.41) is 0. The zero-order valence-electron chi connectivity index (χ0n) is 12.0. The van der Waals surface area contributed by atoms with Crippen LogP contribution in [0.15, 0.2) is 30.3 Å². The summed E-state index contributed by atoms with van der Waals surface area (Å²) in [6, 6.07) is 8.77. The molecular formula is C15H22N4O2. The van der Waals surface area contributed by atoms with E-state index in [1.165, 1.54) is 0 Å². The third-order valence-electron chi connectivity index (χ3n) is 3.66. The minimum atomic E-state index is -0.317. The molecule has 4 N–H and O–H groups in total. The maximum Gasteiger partial charge on any atom is 0.269 e. The number of hydrazine groups is 1. The van der Waals surface area contributed by atoms with Gasteiger partial charge in [-0.2, -0.15) is 0 Å². The lowest BCUT2D eigenvalue weighted by Crippen LogP contribution is -2.48. The number of benzene rings is 1. The lowest BCUT2D eigenvalue weighted by molar-refractivity contribution is -0.123. The van der Waals surface area contributed by atoms with Crippen molar-refractivity contribution in [3.8, 4) is 0 Å². The average molecular weight is 290 g/mol. The van der Waals surface area contributed by atoms with E-state index < -0.39 is 0 Å². The number of amides is 2. The van der Waals surface area contributed by atoms with Gasteiger partial charge in [0.05, 0.1) is 6.54 Å². The van der Waals surface area contributed by atoms with Crippen LogP contribution in [0.3, 0.4) is 0 Å². The molecule has 1 aliphatic rings. The first-order chi connectivity index (χ1) is 10.2. The molecule has 2 amide bonds. The maximum absolute atomic E-state index is 11.8. The fraction of sp³-hybridized carbons (Fsp3) is 0.467. The van der Waals surface area contributed by atoms with E-state index in [1.54, 1.807) is 24.3 Å². The Morgan fingerprint density at radius 1 is 1.24 bits per heavy atom. The molecule has 6 heteroatoms. The summed E-state index contributed by atoms with van der Waals surface area (Å²) in [7, 11) is 0. The van der Waals surface area contributed by atoms with Crippen molar-refractivity contribution in [2.75, 3.05) is 26.2 Å². The molecule has 0 saturated carbocycles. The van der Waals surface area contributed by atoms with Crippen LogP contribution in [0.5, 0.6) is 0 Å². The Labute approximate surface area is 124 Å². The van der Waals surface area contributed by atoms with E-state index in [-0.39, 0.29) is 18.4 Å². The second kappa shape index (κ2) is 7.75. The standard InChI is InChI=1S/C15H22N4O2/c16-9-12-5-4-8-19(10-12)11-14(20)17-18-15(21)13-6-2-1-3-7-13/h1-3,6-7,12H,4-5,8-11,16H2,(H,17,20)(H,18,21). The molecule has 6 nitrogen and oxygen atoms in total. The number of piperidine rings is 1. The van der Waals surface area contributed by atoms with Crippen LogP contribution < -0.4 is 16.6 Å². The number of likely N-dealkylation sites (tertiary alicyclic amines) is 1. The highest BCUT2D eigenvalue weighted by Crippen LogP contribution is 2.14. The highest BCUT2D eigenvalue weighted by Gasteiger charge is 2.20. The van der Waals surface area contributed by atoms with Gasteiger partial charge >= 0.3 is 0 Å². The van der Waals surface area contributed by atoms with Crippen LogP contribution in [0.1, 0.15) is 23.2 Å². The Morgan fingerprint density at radius 3 is 2.71 bits per heavy atom. The van der Waals surface area contributed by atoms with Crippen LogP contribution in [-0.4, -0.2) is 42.9 Å². The van der Waals surface area contributed by atoms with Gasteiger partial charge in [-0.15, -0.1) is 0 Å². The molecule has 0 aliphatic carbocycles. The van der Waals surface area contributed by atoms with Gasteiger partial charge in [0.15, 0.2) is 0 Å². The normalized spacial score (nSPS) is 19.0. The Hall–Kier alpha value is -1.92. The first-order valence-electron chi connectivity index (χ1n) is 7.25. The molecule has 0 radical (unpaired) electrons. The van der Waals surface area contributed by atoms with Crippen LogP contribution >= 0.6 is 0 Å². The fourth-order valence-corrected chi connectivity index (χ4v) is 2.52. The summed E-state index contributed by atoms with van der Waals surface area (Å²) >= 11 is 0. The highest BCUT2D eigenvalue weighted by molar-refractivity contribution is 5.95. The number of hydrogen-bond acceptors (Lipinski definition) is 4. The number of nitrogens with zero attached hydrogens (tertiary/aromatic N) is 1. The first kappa shape index (κ1) is 15.5. The number of rotatable bonds is 4. The van der Waals surface area contributed by atoms with Gasteiger partial charge in [-0.3, -0.25) is 25.3 Å². The maximum atomic E-state index is 11.8. The third-order valence-corrected chi connectivity index (χ3v) is 3.66. The van der Waals surface area contributed by atoms with Gasteiger partial charge in [0.2, 0.25) is 0 Å². The molecule has 21 heavy (non-hydrogen) atoms. The summed E-state index contributed by atoms with van der Waals surface area (Å²) < 4.78 is 0. The largest absolute Gasteiger partial charge is 0.330 e. The van der Waals surface area contributed by atoms with Gasteiger partial charge in [-0.05, 0) is 44.0 Å². The van der Waals surface area contributed by atoms with E-state index in [0.717, 1.165) is 25.9 Å². The lowest BCUT2D eigenvalue weighted by atomic mass is 9.98. The summed E-state index contributed by atoms with van der Waals surface area (Å²) in [4.78, 5) is 25.7. The van der Waals surface area contributed by atoms with Crippen molar-refractivity contribution in [1.29, 1.82) is 0 Å². The van der Waals surface area contributed by atoms with Gasteiger partial charge < -0.3 is 5.73 Å². The molecule has 1 aliphatic heterocycles. The van der Waals surface area contributed by atoms with Crippen LogP contribution in [0.2, 0.25) is 0 Å². The SMILES string of the molecule is NCC1CCCN(CC(=O)NNC(=O)c2ccccc2)C1. The van der Waals surface area contributed by atoms with E-state index >= 15 is 0 Å². The van der Waals surface area contributed by atoms with Crippen LogP contribution in [-0.2, 0) is 4.79 Å². The van der Waals surface area contributed by atoms with Gasteiger partial charge in [-0.1, -0.05) is 18.2 Å². The Bertz CT molecular complexity index is 478. The fourth-order valence-electron chi connectivity index (χ4n) is 2.52. The van der Waals surface area contributed by atoms with Crippen molar-refractivity contribution in [2.24, 2.45) is 11.7 Å². The van der Waals surface area contributed by atoms with Crippen molar-refractivity contribution >= 4 is 11.8 Å². The number of nitrogens with one attached hydrogen (secondary N) is 2. The molecule has 1 aromatic carbocycles. The van der Waals surface area contributed by atoms with Gasteiger partial charge in [0, 0.05) is 12.1 Å². The molecule has 1 atom stereocenters. The summed E-state index contributed by atoms with van der Waals surface area (Å²) in [5.41, 5.74) is 11.1. The predicted molar refractivity (Wildman–Crippen MR) is 80.3 cm³/mol. The monoisotopic (exact) mass is 290 g/mol. The number of carbonyl (C=O) groups excluding carboxylic acids is 2. The van der Waals surface area contributed by atoms with Crippen molar-refractivity contribution in [1.82, 2.24) is 15.8 Å². The molecule has 0 spiro atoms. The summed E-state index contributed by atoms with van der Waals surface area (Å²) in [6.07, 6.45) is 2.19. The Kier molecular flexibility index (Phi) is 5.71. The number of carbonyl (C=O) groups is 2. The van der Waals surface area contributed by atoms with Crippen molar-refractivity contribution in [3.05, 3.63) is 35.9 Å². The molecule has 1 saturated heterocycles. The number of nitrogens with two attached hydrogens (primary N) is 1. The molecule has 1 fully saturated rings. The lowest BCUT2D eigenvalue weighted by Gasteiger charge is -2.31. The smallest absolute Gasteiger partial charge is 0.269 e. The minimum absolute atomic E-state index is 0.211. The molecular weight excluding hydrogens is 268 g/mol. The average Bonchev–Trinajstić information content (AvgIpc) is 2.53. The molecule has 1 heterocycles. The summed E-state index contributed by atoms with van der Waals surface area (Å²) in [5.74, 6) is -0.0650. The zero-order valence-corrected chi connectivity index (χ0v) is 12.0. The van der Waals surface area contributed by atoms with E-state index in [1.807, 2.05) is 6.07 Å². The van der Waals surface area contributed by atoms with Crippen LogP contribution in [0.4, 0.5) is 0 Å². The van der Waals surface area contributed by atoms with Crippen LogP contribution in [0, 0.1) is 5.92 Å². The van der Waals surface area contributed by atoms with Gasteiger partial charge in [0.1, 0.15) is 0 Å². The van der Waals surface area contributed by atoms with Crippen LogP contribution in [0.25, 0.3) is 0 Å². The topological polar surface area (TPSA) is 87.5 Å². The van der Waals surface area contributed by atoms with Gasteiger partial charge in [-0.25, -0.2) is 0 Å². The Balaban J connectivity index is 1.73. The van der Waals surface area contributed by atoms with E-state index in [9.17, 15) is 9.59 Å². The molecule has 1 unspecified atom stereocenters. The van der Waals surface area contributed by atoms with Crippen molar-refractivity contribution in [3.63, 3.8) is 0 Å². The third kappa shape index (κ3) is 4.84. The first-order valence-corrected chi connectivity index (χ1v) is 7.25. The molecule has 0 bridgehead atoms. The van der Waals surface area contributed by atoms with Gasteiger partial charge in [0.25, 0.3) is 11.8 Å². The summed E-state index contributed by atoms with van der Waals surface area (Å²) in [6.45, 7) is 2.68. The quantitative estimate of drug-likeness (QED) is 0.687. The number of hydrogen-bond donors (Lipinski definition) is 3. The minimum Gasteiger partial charge on any atom is -0.330 e. The van der Waals surface area contributed by atoms with E-state index in [2.05, 4.69) is 15.8 Å². The predicted octanol–water partition coefficient (Wildman–Crippen LogP) is 0.118. The Morgan fingerprint density at radius 2 is 2.00 bits per heavy atom. The second-order valence-electron chi connectivity index (χ2n) is 5.35. The molecule has 2 rings (SSSR count). The van der Waals surface area contributed by atoms with E-state index in [4.69, 9.17) is 5.73 Å².